The molecule has 2 rings (SSSR count). The molecule has 212 valence electrons. The summed E-state index contributed by atoms with van der Waals surface area (Å²) in [6.07, 6.45) is -6.99. The average molecular weight is 557 g/mol. The van der Waals surface area contributed by atoms with Gasteiger partial charge in [0.15, 0.2) is 0 Å². The minimum atomic E-state index is -5.76. The van der Waals surface area contributed by atoms with Crippen LogP contribution in [0.25, 0.3) is 12.2 Å². The number of carbonyl (C=O) groups excluding carboxylic acids is 2. The molecule has 0 bridgehead atoms. The first kappa shape index (κ1) is 31.7. The first-order valence-electron chi connectivity index (χ1n) is 11.8. The fourth-order valence-electron chi connectivity index (χ4n) is 3.67. The van der Waals surface area contributed by atoms with Gasteiger partial charge in [-0.15, -0.1) is 0 Å². The molecule has 0 aliphatic carbocycles. The fourth-order valence-corrected chi connectivity index (χ4v) is 3.67. The second-order valence-corrected chi connectivity index (χ2v) is 10.7. The van der Waals surface area contributed by atoms with E-state index in [4.69, 9.17) is 9.47 Å². The number of esters is 2. The first-order valence-corrected chi connectivity index (χ1v) is 11.8. The zero-order valence-electron chi connectivity index (χ0n) is 22.3. The summed E-state index contributed by atoms with van der Waals surface area (Å²) in [6.45, 7) is 9.86. The second kappa shape index (κ2) is 11.3. The quantitative estimate of drug-likeness (QED) is 0.207. The molecule has 0 atom stereocenters. The van der Waals surface area contributed by atoms with E-state index in [-0.39, 0.29) is 11.1 Å². The third-order valence-electron chi connectivity index (χ3n) is 5.18. The molecule has 39 heavy (non-hydrogen) atoms. The number of halogens is 6. The topological polar surface area (TPSA) is 52.6 Å². The van der Waals surface area contributed by atoms with E-state index in [1.807, 2.05) is 0 Å². The monoisotopic (exact) mass is 556 g/mol. The summed E-state index contributed by atoms with van der Waals surface area (Å²) in [6, 6.07) is 7.14. The number of benzene rings is 2. The third kappa shape index (κ3) is 8.21. The van der Waals surface area contributed by atoms with Gasteiger partial charge >= 0.3 is 24.3 Å². The van der Waals surface area contributed by atoms with Crippen molar-refractivity contribution in [3.8, 4) is 0 Å². The van der Waals surface area contributed by atoms with E-state index >= 15 is 0 Å². The molecule has 2 aromatic carbocycles. The lowest BCUT2D eigenvalue weighted by Gasteiger charge is -2.38. The summed E-state index contributed by atoms with van der Waals surface area (Å²) in [5, 5.41) is 0. The van der Waals surface area contributed by atoms with Crippen LogP contribution in [0.2, 0.25) is 0 Å². The Balaban J connectivity index is 2.49. The van der Waals surface area contributed by atoms with Crippen molar-refractivity contribution in [2.75, 3.05) is 0 Å². The van der Waals surface area contributed by atoms with Crippen molar-refractivity contribution in [3.05, 3.63) is 82.9 Å². The molecule has 0 fully saturated rings. The van der Waals surface area contributed by atoms with Gasteiger partial charge in [0.1, 0.15) is 11.2 Å². The van der Waals surface area contributed by atoms with Crippen molar-refractivity contribution in [2.45, 2.75) is 70.5 Å². The summed E-state index contributed by atoms with van der Waals surface area (Å²) >= 11 is 0. The van der Waals surface area contributed by atoms with Crippen LogP contribution in [0.3, 0.4) is 0 Å². The number of rotatable bonds is 6. The Morgan fingerprint density at radius 1 is 0.564 bits per heavy atom. The molecule has 0 heterocycles. The highest BCUT2D eigenvalue weighted by molar-refractivity contribution is 5.88. The Kier molecular flexibility index (Phi) is 9.15. The van der Waals surface area contributed by atoms with Crippen LogP contribution in [0.1, 0.15) is 63.8 Å². The van der Waals surface area contributed by atoms with Gasteiger partial charge in [0.05, 0.1) is 0 Å². The van der Waals surface area contributed by atoms with Gasteiger partial charge in [-0.1, -0.05) is 48.5 Å². The Hall–Kier alpha value is -3.56. The molecule has 0 amide bonds. The van der Waals surface area contributed by atoms with Crippen molar-refractivity contribution in [2.24, 2.45) is 0 Å². The molecular weight excluding hydrogens is 526 g/mol. The van der Waals surface area contributed by atoms with Crippen LogP contribution in [-0.2, 0) is 24.5 Å². The van der Waals surface area contributed by atoms with Crippen LogP contribution in [0, 0.1) is 0 Å². The molecule has 0 unspecified atom stereocenters. The van der Waals surface area contributed by atoms with Crippen molar-refractivity contribution in [1.29, 1.82) is 0 Å². The predicted octanol–water partition coefficient (Wildman–Crippen LogP) is 7.81. The number of hydrogen-bond acceptors (Lipinski definition) is 4. The van der Waals surface area contributed by atoms with Crippen LogP contribution in [0.5, 0.6) is 0 Å². The van der Waals surface area contributed by atoms with Gasteiger partial charge in [-0.05, 0) is 75.9 Å². The summed E-state index contributed by atoms with van der Waals surface area (Å²) in [5.74, 6) is -1.43. The summed E-state index contributed by atoms with van der Waals surface area (Å²) in [5.41, 5.74) is -7.57. The largest absolute Gasteiger partial charge is 0.457 e. The molecule has 0 saturated carbocycles. The van der Waals surface area contributed by atoms with Gasteiger partial charge in [0.25, 0.3) is 0 Å². The van der Waals surface area contributed by atoms with Crippen LogP contribution in [0.15, 0.2) is 60.7 Å². The Morgan fingerprint density at radius 2 is 0.846 bits per heavy atom. The van der Waals surface area contributed by atoms with Gasteiger partial charge in [-0.2, -0.15) is 26.3 Å². The molecule has 10 heteroatoms. The van der Waals surface area contributed by atoms with Crippen LogP contribution in [0.4, 0.5) is 26.3 Å². The van der Waals surface area contributed by atoms with E-state index in [1.54, 1.807) is 41.5 Å². The molecule has 0 saturated heterocycles. The Morgan fingerprint density at radius 3 is 1.08 bits per heavy atom. The second-order valence-electron chi connectivity index (χ2n) is 10.7. The molecule has 2 aromatic rings. The summed E-state index contributed by atoms with van der Waals surface area (Å²) in [7, 11) is 0. The van der Waals surface area contributed by atoms with Gasteiger partial charge in [-0.3, -0.25) is 0 Å². The fraction of sp³-hybridized carbons (Fsp3) is 0.379. The average Bonchev–Trinajstić information content (AvgIpc) is 2.74. The maximum absolute atomic E-state index is 14.4. The molecule has 0 aliphatic rings. The number of ether oxygens (including phenoxy) is 2. The van der Waals surface area contributed by atoms with E-state index in [1.165, 1.54) is 12.2 Å². The lowest BCUT2D eigenvalue weighted by Crippen LogP contribution is -2.54. The van der Waals surface area contributed by atoms with E-state index in [0.29, 0.717) is 0 Å². The highest BCUT2D eigenvalue weighted by atomic mass is 19.4. The van der Waals surface area contributed by atoms with Crippen molar-refractivity contribution >= 4 is 24.1 Å². The number of carbonyl (C=O) groups is 2. The van der Waals surface area contributed by atoms with Crippen molar-refractivity contribution in [1.82, 2.24) is 0 Å². The lowest BCUT2D eigenvalue weighted by molar-refractivity contribution is -0.288. The van der Waals surface area contributed by atoms with Crippen molar-refractivity contribution < 1.29 is 45.4 Å². The number of alkyl halides is 6. The SMILES string of the molecule is CC(C)(C)OC(=O)C=Cc1ccc(C(c2ccc(/C=C\C(=O)OC(C)(C)C)cc2)(C(F)(F)F)C(F)(F)F)cc1. The maximum Gasteiger partial charge on any atom is 0.411 e. The predicted molar refractivity (Wildman–Crippen MR) is 136 cm³/mol. The highest BCUT2D eigenvalue weighted by Crippen LogP contribution is 2.56. The molecule has 4 nitrogen and oxygen atoms in total. The molecule has 0 aliphatic heterocycles. The molecular formula is C29H30F6O4. The maximum atomic E-state index is 14.4. The van der Waals surface area contributed by atoms with Gasteiger partial charge < -0.3 is 9.47 Å². The van der Waals surface area contributed by atoms with E-state index in [0.717, 1.165) is 60.7 Å². The summed E-state index contributed by atoms with van der Waals surface area (Å²) < 4.78 is 96.6. The smallest absolute Gasteiger partial charge is 0.411 e. The Bertz CT molecular complexity index is 1110. The zero-order chi connectivity index (χ0) is 29.9. The van der Waals surface area contributed by atoms with E-state index in [9.17, 15) is 35.9 Å². The van der Waals surface area contributed by atoms with Gasteiger partial charge in [0.2, 0.25) is 5.41 Å². The van der Waals surface area contributed by atoms with Crippen LogP contribution in [-0.4, -0.2) is 35.5 Å². The van der Waals surface area contributed by atoms with Gasteiger partial charge in [-0.25, -0.2) is 9.59 Å². The lowest BCUT2D eigenvalue weighted by atomic mass is 9.72. The van der Waals surface area contributed by atoms with E-state index in [2.05, 4.69) is 0 Å². The minimum absolute atomic E-state index is 0.200. The minimum Gasteiger partial charge on any atom is -0.457 e. The molecule has 0 spiro atoms. The molecule has 0 radical (unpaired) electrons. The molecule has 0 aromatic heterocycles. The van der Waals surface area contributed by atoms with Crippen LogP contribution >= 0.6 is 0 Å². The molecule has 0 N–H and O–H groups in total. The van der Waals surface area contributed by atoms with Gasteiger partial charge in [0, 0.05) is 12.2 Å². The van der Waals surface area contributed by atoms with Crippen molar-refractivity contribution in [3.63, 3.8) is 0 Å². The zero-order valence-corrected chi connectivity index (χ0v) is 22.3. The summed E-state index contributed by atoms with van der Waals surface area (Å²) in [4.78, 5) is 23.7. The standard InChI is InChI=1S/C29H30F6O4/c1-25(2,3)38-23(36)17-11-19-7-13-21(14-8-19)27(28(30,31)32,29(33,34)35)22-15-9-20(10-16-22)12-18-24(37)39-26(4,5)6/h7-18H,1-6H3/b17-11-,18-12?. The van der Waals surface area contributed by atoms with E-state index < -0.39 is 52.0 Å². The first-order chi connectivity index (χ1) is 17.7. The Labute approximate surface area is 223 Å². The third-order valence-corrected chi connectivity index (χ3v) is 5.18. The normalized spacial score (nSPS) is 13.6. The highest BCUT2D eigenvalue weighted by Gasteiger charge is 2.72. The number of hydrogen-bond donors (Lipinski definition) is 0. The van der Waals surface area contributed by atoms with Crippen LogP contribution < -0.4 is 0 Å².